The largest absolute Gasteiger partial charge is 0.367 e. The van der Waals surface area contributed by atoms with Crippen molar-refractivity contribution in [1.29, 1.82) is 0 Å². The fourth-order valence-corrected chi connectivity index (χ4v) is 3.87. The number of nitrogens with zero attached hydrogens (tertiary/aromatic N) is 1. The third-order valence-corrected chi connectivity index (χ3v) is 4.95. The summed E-state index contributed by atoms with van der Waals surface area (Å²) in [4.78, 5) is 39.7. The molecule has 11 nitrogen and oxygen atoms in total. The maximum absolute atomic E-state index is 11.9. The zero-order valence-corrected chi connectivity index (χ0v) is 16.7. The number of hydrogen-bond acceptors (Lipinski definition) is 10. The minimum atomic E-state index is -0.857. The molecular formula is C18H25NO10. The zero-order chi connectivity index (χ0) is 21.0. The molecule has 5 atom stereocenters. The summed E-state index contributed by atoms with van der Waals surface area (Å²) >= 11 is 0. The number of fused-ring (bicyclic) bond motifs is 3. The number of amides is 2. The van der Waals surface area contributed by atoms with Crippen molar-refractivity contribution in [3.05, 3.63) is 0 Å². The molecule has 4 heterocycles. The monoisotopic (exact) mass is 415 g/mol. The Kier molecular flexibility index (Phi) is 5.16. The predicted molar refractivity (Wildman–Crippen MR) is 90.5 cm³/mol. The molecule has 0 unspecified atom stereocenters. The molecule has 0 saturated carbocycles. The summed E-state index contributed by atoms with van der Waals surface area (Å²) in [6, 6.07) is 0. The van der Waals surface area contributed by atoms with E-state index < -0.39 is 66.7 Å². The van der Waals surface area contributed by atoms with E-state index in [0.29, 0.717) is 5.06 Å². The molecule has 11 heteroatoms. The van der Waals surface area contributed by atoms with Crippen LogP contribution in [0.5, 0.6) is 0 Å². The van der Waals surface area contributed by atoms with E-state index in [9.17, 15) is 14.4 Å². The van der Waals surface area contributed by atoms with Gasteiger partial charge in [-0.1, -0.05) is 0 Å². The van der Waals surface area contributed by atoms with Crippen molar-refractivity contribution < 1.29 is 47.6 Å². The van der Waals surface area contributed by atoms with Crippen molar-refractivity contribution in [3.63, 3.8) is 0 Å². The second-order valence-electron chi connectivity index (χ2n) is 8.27. The Morgan fingerprint density at radius 1 is 0.966 bits per heavy atom. The van der Waals surface area contributed by atoms with Crippen LogP contribution in [-0.4, -0.2) is 78.3 Å². The second kappa shape index (κ2) is 7.25. The Morgan fingerprint density at radius 3 is 2.24 bits per heavy atom. The number of hydrogen-bond donors (Lipinski definition) is 0. The fourth-order valence-electron chi connectivity index (χ4n) is 3.87. The molecule has 0 aromatic rings. The van der Waals surface area contributed by atoms with Gasteiger partial charge in [-0.2, -0.15) is 0 Å². The molecule has 0 aliphatic carbocycles. The van der Waals surface area contributed by atoms with E-state index in [-0.39, 0.29) is 19.4 Å². The summed E-state index contributed by atoms with van der Waals surface area (Å²) in [6.07, 6.45) is -2.55. The minimum Gasteiger partial charge on any atom is -0.367 e. The average Bonchev–Trinajstić information content (AvgIpc) is 3.21. The first-order valence-corrected chi connectivity index (χ1v) is 9.56. The molecule has 0 spiro atoms. The highest BCUT2D eigenvalue weighted by molar-refractivity contribution is 6.01. The molecule has 0 bridgehead atoms. The molecular weight excluding hydrogens is 390 g/mol. The topological polar surface area (TPSA) is 119 Å². The van der Waals surface area contributed by atoms with Crippen molar-refractivity contribution in [3.8, 4) is 0 Å². The summed E-state index contributed by atoms with van der Waals surface area (Å²) < 4.78 is 35.0. The molecule has 162 valence electrons. The first-order chi connectivity index (χ1) is 13.5. The molecule has 0 radical (unpaired) electrons. The van der Waals surface area contributed by atoms with E-state index in [0.717, 1.165) is 0 Å². The number of carbonyl (C=O) groups is 3. The molecule has 4 aliphatic heterocycles. The molecule has 29 heavy (non-hydrogen) atoms. The smallest absolute Gasteiger partial charge is 0.358 e. The van der Waals surface area contributed by atoms with Crippen molar-refractivity contribution in [2.45, 2.75) is 82.8 Å². The summed E-state index contributed by atoms with van der Waals surface area (Å²) in [6.45, 7) is 6.68. The van der Waals surface area contributed by atoms with Gasteiger partial charge < -0.3 is 33.3 Å². The van der Waals surface area contributed by atoms with Gasteiger partial charge in [0, 0.05) is 12.8 Å². The first kappa shape index (κ1) is 20.6. The molecule has 0 N–H and O–H groups in total. The Morgan fingerprint density at radius 2 is 1.55 bits per heavy atom. The minimum absolute atomic E-state index is 0.00932. The maximum atomic E-state index is 11.9. The predicted octanol–water partition coefficient (Wildman–Crippen LogP) is 0.00670. The van der Waals surface area contributed by atoms with E-state index in [2.05, 4.69) is 0 Å². The molecule has 4 aliphatic rings. The number of ether oxygens (including phenoxy) is 6. The average molecular weight is 415 g/mol. The van der Waals surface area contributed by atoms with Crippen LogP contribution in [0.15, 0.2) is 0 Å². The lowest BCUT2D eigenvalue weighted by molar-refractivity contribution is -0.244. The maximum Gasteiger partial charge on any atom is 0.358 e. The van der Waals surface area contributed by atoms with Crippen LogP contribution in [0.3, 0.4) is 0 Å². The number of hydroxylamine groups is 2. The van der Waals surface area contributed by atoms with Crippen molar-refractivity contribution in [2.24, 2.45) is 0 Å². The van der Waals surface area contributed by atoms with Gasteiger partial charge in [-0.25, -0.2) is 4.79 Å². The van der Waals surface area contributed by atoms with Gasteiger partial charge in [-0.05, 0) is 27.7 Å². The zero-order valence-electron chi connectivity index (χ0n) is 16.7. The lowest BCUT2D eigenvalue weighted by Crippen LogP contribution is -2.56. The van der Waals surface area contributed by atoms with Crippen molar-refractivity contribution >= 4 is 17.8 Å². The highest BCUT2D eigenvalue weighted by Gasteiger charge is 2.60. The van der Waals surface area contributed by atoms with E-state index in [1.807, 2.05) is 0 Å². The number of rotatable bonds is 5. The van der Waals surface area contributed by atoms with Crippen LogP contribution in [0, 0.1) is 0 Å². The Hall–Kier alpha value is -1.63. The Balaban J connectivity index is 1.34. The van der Waals surface area contributed by atoms with Crippen molar-refractivity contribution in [2.75, 3.05) is 13.2 Å². The van der Waals surface area contributed by atoms with Gasteiger partial charge >= 0.3 is 5.97 Å². The fraction of sp³-hybridized carbons (Fsp3) is 0.833. The van der Waals surface area contributed by atoms with Gasteiger partial charge in [0.1, 0.15) is 31.0 Å². The van der Waals surface area contributed by atoms with Gasteiger partial charge in [-0.15, -0.1) is 5.06 Å². The lowest BCUT2D eigenvalue weighted by atomic mass is 9.99. The van der Waals surface area contributed by atoms with Gasteiger partial charge in [0.25, 0.3) is 11.8 Å². The SMILES string of the molecule is CC1(C)O[C@H]2[C@@H](O1)[C@@H](COCC(=O)ON1C(=O)CCC1=O)O[C@@H]1OC(C)(C)O[C@@H]12. The van der Waals surface area contributed by atoms with E-state index >= 15 is 0 Å². The molecule has 4 saturated heterocycles. The normalized spacial score (nSPS) is 37.5. The molecule has 0 aromatic carbocycles. The van der Waals surface area contributed by atoms with Crippen LogP contribution in [0.25, 0.3) is 0 Å². The van der Waals surface area contributed by atoms with Crippen molar-refractivity contribution in [1.82, 2.24) is 5.06 Å². The Bertz CT molecular complexity index is 691. The second-order valence-corrected chi connectivity index (χ2v) is 8.27. The van der Waals surface area contributed by atoms with Gasteiger partial charge in [0.15, 0.2) is 17.9 Å². The van der Waals surface area contributed by atoms with Crippen LogP contribution in [0.4, 0.5) is 0 Å². The van der Waals surface area contributed by atoms with Crippen LogP contribution in [0.2, 0.25) is 0 Å². The summed E-state index contributed by atoms with van der Waals surface area (Å²) in [5.41, 5.74) is 0. The number of imide groups is 1. The quantitative estimate of drug-likeness (QED) is 0.568. The molecule has 4 fully saturated rings. The summed E-state index contributed by atoms with van der Waals surface area (Å²) in [5.74, 6) is -3.62. The third-order valence-electron chi connectivity index (χ3n) is 4.95. The highest BCUT2D eigenvalue weighted by Crippen LogP contribution is 2.44. The third kappa shape index (κ3) is 4.16. The summed E-state index contributed by atoms with van der Waals surface area (Å²) in [5, 5.41) is 0.478. The summed E-state index contributed by atoms with van der Waals surface area (Å²) in [7, 11) is 0. The van der Waals surface area contributed by atoms with Gasteiger partial charge in [0.2, 0.25) is 0 Å². The molecule has 2 amide bonds. The molecule has 4 rings (SSSR count). The van der Waals surface area contributed by atoms with E-state index in [4.69, 9.17) is 33.3 Å². The van der Waals surface area contributed by atoms with Gasteiger partial charge in [0.05, 0.1) is 6.61 Å². The van der Waals surface area contributed by atoms with Crippen LogP contribution >= 0.6 is 0 Å². The van der Waals surface area contributed by atoms with E-state index in [1.165, 1.54) is 0 Å². The van der Waals surface area contributed by atoms with E-state index in [1.54, 1.807) is 27.7 Å². The molecule has 0 aromatic heterocycles. The van der Waals surface area contributed by atoms with Gasteiger partial charge in [-0.3, -0.25) is 9.59 Å². The van der Waals surface area contributed by atoms with Crippen LogP contribution in [-0.2, 0) is 47.6 Å². The van der Waals surface area contributed by atoms with Crippen LogP contribution < -0.4 is 0 Å². The standard InChI is InChI=1S/C18H25NO10/c1-17(2)25-13-9(24-16-15(14(13)26-17)27-18(3,4)28-16)7-23-8-12(22)29-19-10(20)5-6-11(19)21/h9,13-16H,5-8H2,1-4H3/t9-,13+,14+,15-,16-/m1/s1. The van der Waals surface area contributed by atoms with Crippen LogP contribution in [0.1, 0.15) is 40.5 Å². The lowest BCUT2D eigenvalue weighted by Gasteiger charge is -2.37. The highest BCUT2D eigenvalue weighted by atomic mass is 16.9. The first-order valence-electron chi connectivity index (χ1n) is 9.56. The Labute approximate surface area is 167 Å². The number of carbonyl (C=O) groups excluding carboxylic acids is 3.